The number of benzene rings is 4. The lowest BCUT2D eigenvalue weighted by molar-refractivity contribution is -0.134. The second-order valence-corrected chi connectivity index (χ2v) is 19.3. The molecule has 5 aromatic rings. The smallest absolute Gasteiger partial charge is 0.227 e. The predicted octanol–water partition coefficient (Wildman–Crippen LogP) is 8.74. The zero-order valence-electron chi connectivity index (χ0n) is 39.8. The van der Waals surface area contributed by atoms with Crippen LogP contribution >= 0.6 is 0 Å². The molecular formula is C53H63N5O9. The molecular weight excluding hydrogens is 851 g/mol. The van der Waals surface area contributed by atoms with Gasteiger partial charge < -0.3 is 43.8 Å². The molecule has 4 atom stereocenters. The molecule has 2 aliphatic rings. The highest BCUT2D eigenvalue weighted by Crippen LogP contribution is 2.32. The highest BCUT2D eigenvalue weighted by molar-refractivity contribution is 5.93. The van der Waals surface area contributed by atoms with E-state index in [1.807, 2.05) is 114 Å². The molecule has 2 saturated heterocycles. The Balaban J connectivity index is 0.928. The largest absolute Gasteiger partial charge is 0.497 e. The summed E-state index contributed by atoms with van der Waals surface area (Å²) in [6, 6.07) is 28.8. The molecule has 0 radical (unpaired) electrons. The molecule has 2 aliphatic heterocycles. The first-order valence-electron chi connectivity index (χ1n) is 22.9. The van der Waals surface area contributed by atoms with E-state index in [4.69, 9.17) is 23.4 Å². The van der Waals surface area contributed by atoms with Gasteiger partial charge in [-0.05, 0) is 138 Å². The van der Waals surface area contributed by atoms with E-state index in [1.165, 1.54) is 0 Å². The third-order valence-electron chi connectivity index (χ3n) is 11.6. The molecule has 2 N–H and O–H groups in total. The minimum absolute atomic E-state index is 0.0654. The molecule has 0 unspecified atom stereocenters. The van der Waals surface area contributed by atoms with Crippen molar-refractivity contribution in [3.05, 3.63) is 114 Å². The number of oxazole rings is 1. The van der Waals surface area contributed by atoms with Crippen LogP contribution in [0.5, 0.6) is 11.5 Å². The summed E-state index contributed by atoms with van der Waals surface area (Å²) in [5, 5.41) is 5.99. The number of methoxy groups -OCH3 is 2. The monoisotopic (exact) mass is 913 g/mol. The van der Waals surface area contributed by atoms with Gasteiger partial charge in [0.25, 0.3) is 0 Å². The van der Waals surface area contributed by atoms with Crippen molar-refractivity contribution in [1.29, 1.82) is 0 Å². The number of ether oxygens (including phenoxy) is 4. The Morgan fingerprint density at radius 1 is 0.627 bits per heavy atom. The highest BCUT2D eigenvalue weighted by atomic mass is 16.5. The van der Waals surface area contributed by atoms with Gasteiger partial charge in [-0.25, -0.2) is 4.98 Å². The summed E-state index contributed by atoms with van der Waals surface area (Å²) in [6.45, 7) is 12.8. The number of rotatable bonds is 16. The second kappa shape index (κ2) is 21.0. The number of carbonyl (C=O) groups is 4. The molecule has 0 saturated carbocycles. The van der Waals surface area contributed by atoms with Crippen molar-refractivity contribution in [3.63, 3.8) is 0 Å². The molecule has 14 nitrogen and oxygen atoms in total. The number of aromatic nitrogens is 1. The molecule has 1 aromatic heterocycles. The maximum atomic E-state index is 13.6. The third-order valence-corrected chi connectivity index (χ3v) is 11.6. The normalized spacial score (nSPS) is 18.4. The fraction of sp³-hybridized carbons (Fsp3) is 0.415. The van der Waals surface area contributed by atoms with E-state index in [-0.39, 0.29) is 73.6 Å². The lowest BCUT2D eigenvalue weighted by atomic mass is 10.1. The minimum Gasteiger partial charge on any atom is -0.497 e. The summed E-state index contributed by atoms with van der Waals surface area (Å²) >= 11 is 0. The Labute approximate surface area is 393 Å². The molecule has 7 rings (SSSR count). The van der Waals surface area contributed by atoms with Gasteiger partial charge >= 0.3 is 0 Å². The van der Waals surface area contributed by atoms with Crippen molar-refractivity contribution in [2.45, 2.75) is 116 Å². The zero-order chi connectivity index (χ0) is 47.9. The van der Waals surface area contributed by atoms with Gasteiger partial charge in [-0.3, -0.25) is 19.2 Å². The third kappa shape index (κ3) is 13.5. The van der Waals surface area contributed by atoms with Crippen LogP contribution < -0.4 is 20.1 Å². The maximum Gasteiger partial charge on any atom is 0.227 e. The lowest BCUT2D eigenvalue weighted by Crippen LogP contribution is -2.39. The van der Waals surface area contributed by atoms with Crippen molar-refractivity contribution < 1.29 is 42.5 Å². The molecule has 0 aliphatic carbocycles. The van der Waals surface area contributed by atoms with Crippen molar-refractivity contribution >= 4 is 35.0 Å². The van der Waals surface area contributed by atoms with Crippen LogP contribution in [0.3, 0.4) is 0 Å². The number of likely N-dealkylation sites (tertiary alicyclic amines) is 2. The number of nitrogens with one attached hydrogen (secondary N) is 2. The van der Waals surface area contributed by atoms with E-state index < -0.39 is 11.2 Å². The topological polar surface area (TPSA) is 162 Å². The van der Waals surface area contributed by atoms with Crippen LogP contribution in [0.15, 0.2) is 108 Å². The fourth-order valence-corrected chi connectivity index (χ4v) is 8.84. The van der Waals surface area contributed by atoms with E-state index in [0.29, 0.717) is 60.5 Å². The van der Waals surface area contributed by atoms with Gasteiger partial charge in [-0.15, -0.1) is 0 Å². The lowest BCUT2D eigenvalue weighted by Gasteiger charge is -2.25. The van der Waals surface area contributed by atoms with E-state index >= 15 is 0 Å². The summed E-state index contributed by atoms with van der Waals surface area (Å²) in [6.07, 6.45) is 3.03. The van der Waals surface area contributed by atoms with Gasteiger partial charge in [0.1, 0.15) is 11.5 Å². The molecule has 14 heteroatoms. The van der Waals surface area contributed by atoms with Crippen LogP contribution in [0.1, 0.15) is 78.4 Å². The summed E-state index contributed by atoms with van der Waals surface area (Å²) in [4.78, 5) is 62.2. The maximum absolute atomic E-state index is 13.6. The summed E-state index contributed by atoms with van der Waals surface area (Å²) < 4.78 is 29.4. The highest BCUT2D eigenvalue weighted by Gasteiger charge is 2.40. The number of nitrogens with zero attached hydrogens (tertiary/aromatic N) is 3. The quantitative estimate of drug-likeness (QED) is 0.0980. The van der Waals surface area contributed by atoms with Crippen molar-refractivity contribution in [3.8, 4) is 34.3 Å². The van der Waals surface area contributed by atoms with Crippen molar-refractivity contribution in [1.82, 2.24) is 14.8 Å². The van der Waals surface area contributed by atoms with E-state index in [1.54, 1.807) is 54.5 Å². The Kier molecular flexibility index (Phi) is 15.2. The van der Waals surface area contributed by atoms with Gasteiger partial charge in [0.05, 0.1) is 56.7 Å². The molecule has 67 heavy (non-hydrogen) atoms. The van der Waals surface area contributed by atoms with E-state index in [2.05, 4.69) is 15.6 Å². The number of carbonyl (C=O) groups excluding carboxylic acids is 4. The summed E-state index contributed by atoms with van der Waals surface area (Å²) in [5.74, 6) is 1.77. The first-order valence-corrected chi connectivity index (χ1v) is 22.9. The van der Waals surface area contributed by atoms with Gasteiger partial charge in [0, 0.05) is 60.5 Å². The van der Waals surface area contributed by atoms with E-state index in [0.717, 1.165) is 22.3 Å². The Morgan fingerprint density at radius 2 is 1.06 bits per heavy atom. The van der Waals surface area contributed by atoms with Crippen molar-refractivity contribution in [2.75, 3.05) is 37.9 Å². The molecule has 354 valence electrons. The number of amides is 4. The SMILES string of the molecule is COc1cccc(CC(=O)N2C[C@H](OC(C)(C)C)C[C@H]2CC(=O)Nc2ccc(-c3cnc(-c4ccc(NC(=O)C[C@@H]5C[C@@H](OC(C)(C)C)CN5C(=O)Cc5cccc(OC)c5)cc4)o3)cc2)c1. The molecule has 4 amide bonds. The average molecular weight is 914 g/mol. The van der Waals surface area contributed by atoms with Crippen LogP contribution in [0.4, 0.5) is 11.4 Å². The number of hydrogen-bond acceptors (Lipinski definition) is 10. The zero-order valence-corrected chi connectivity index (χ0v) is 39.8. The standard InChI is InChI=1S/C53H63N5O9/c1-52(2,3)66-44-27-40(57(32-44)49(61)25-34-11-9-13-42(23-34)63-7)29-47(59)55-38-19-15-36(16-20-38)46-31-54-51(65-46)37-17-21-39(22-18-37)56-48(60)30-41-28-45(67-53(4,5)6)33-58(41)50(62)26-35-12-10-14-43(24-35)64-8/h9-24,31,40-41,44-45H,25-30,32-33H2,1-8H3,(H,55,59)(H,56,60)/t40-,41-,44+,45+/m0/s1. The molecule has 3 heterocycles. The molecule has 0 bridgehead atoms. The van der Waals surface area contributed by atoms with Crippen LogP contribution in [0.25, 0.3) is 22.8 Å². The van der Waals surface area contributed by atoms with Gasteiger partial charge in [-0.2, -0.15) is 0 Å². The molecule has 4 aromatic carbocycles. The first kappa shape index (κ1) is 48.4. The number of anilines is 2. The Hall–Kier alpha value is -6.51. The summed E-state index contributed by atoms with van der Waals surface area (Å²) in [7, 11) is 3.19. The van der Waals surface area contributed by atoms with Gasteiger partial charge in [0.2, 0.25) is 29.5 Å². The predicted molar refractivity (Wildman–Crippen MR) is 257 cm³/mol. The molecule has 2 fully saturated rings. The van der Waals surface area contributed by atoms with Crippen LogP contribution in [-0.2, 0) is 41.5 Å². The Bertz CT molecular complexity index is 2340. The van der Waals surface area contributed by atoms with Crippen LogP contribution in [0, 0.1) is 0 Å². The summed E-state index contributed by atoms with van der Waals surface area (Å²) in [5.41, 5.74) is 3.60. The van der Waals surface area contributed by atoms with Crippen LogP contribution in [-0.4, -0.2) is 101 Å². The molecule has 0 spiro atoms. The second-order valence-electron chi connectivity index (χ2n) is 19.3. The fourth-order valence-electron chi connectivity index (χ4n) is 8.84. The van der Waals surface area contributed by atoms with E-state index in [9.17, 15) is 19.2 Å². The first-order chi connectivity index (χ1) is 31.9. The number of hydrogen-bond donors (Lipinski definition) is 2. The van der Waals surface area contributed by atoms with Crippen molar-refractivity contribution in [2.24, 2.45) is 0 Å². The van der Waals surface area contributed by atoms with Crippen LogP contribution in [0.2, 0.25) is 0 Å². The average Bonchev–Trinajstić information content (AvgIpc) is 4.02. The van der Waals surface area contributed by atoms with Gasteiger partial charge in [0.15, 0.2) is 5.76 Å². The minimum atomic E-state index is -0.393. The Morgan fingerprint density at radius 3 is 1.48 bits per heavy atom. The van der Waals surface area contributed by atoms with Gasteiger partial charge in [-0.1, -0.05) is 24.3 Å².